The van der Waals surface area contributed by atoms with Crippen LogP contribution in [0.25, 0.3) is 0 Å². The Morgan fingerprint density at radius 2 is 2.24 bits per heavy atom. The molecule has 1 fully saturated rings. The van der Waals surface area contributed by atoms with E-state index < -0.39 is 13.0 Å². The molecule has 0 aliphatic heterocycles. The highest BCUT2D eigenvalue weighted by Gasteiger charge is 2.28. The summed E-state index contributed by atoms with van der Waals surface area (Å²) < 4.78 is 29.2. The summed E-state index contributed by atoms with van der Waals surface area (Å²) in [7, 11) is 0. The van der Waals surface area contributed by atoms with Gasteiger partial charge in [-0.25, -0.2) is 13.8 Å². The highest BCUT2D eigenvalue weighted by molar-refractivity contribution is 5.36. The highest BCUT2D eigenvalue weighted by Crippen LogP contribution is 2.44. The van der Waals surface area contributed by atoms with Crippen molar-refractivity contribution in [1.82, 2.24) is 4.98 Å². The molecule has 1 aromatic rings. The molecule has 2 rings (SSSR count). The lowest BCUT2D eigenvalue weighted by molar-refractivity contribution is 0.0790. The monoisotopic (exact) mass is 242 g/mol. The van der Waals surface area contributed by atoms with E-state index in [2.05, 4.69) is 4.98 Å². The van der Waals surface area contributed by atoms with E-state index in [0.717, 1.165) is 24.0 Å². The normalized spacial score (nSPS) is 17.2. The molecule has 1 heterocycles. The Morgan fingerprint density at radius 1 is 1.53 bits per heavy atom. The summed E-state index contributed by atoms with van der Waals surface area (Å²) in [5, 5.41) is 0. The summed E-state index contributed by atoms with van der Waals surface area (Å²) in [6, 6.07) is 1.82. The smallest absolute Gasteiger partial charge is 0.272 e. The molecule has 0 bridgehead atoms. The van der Waals surface area contributed by atoms with Crippen LogP contribution in [0.1, 0.15) is 42.9 Å². The van der Waals surface area contributed by atoms with Gasteiger partial charge in [-0.15, -0.1) is 0 Å². The van der Waals surface area contributed by atoms with Gasteiger partial charge < -0.3 is 10.5 Å². The molecule has 1 unspecified atom stereocenters. The summed E-state index contributed by atoms with van der Waals surface area (Å²) in [6.45, 7) is 1.26. The minimum absolute atomic E-state index is 0.107. The first-order valence-corrected chi connectivity index (χ1v) is 5.74. The molecule has 0 spiro atoms. The molecule has 1 saturated carbocycles. The number of hydrogen-bond donors (Lipinski definition) is 1. The predicted octanol–water partition coefficient (Wildman–Crippen LogP) is 2.62. The number of ether oxygens (including phenoxy) is 1. The SMILES string of the molecule is CC(N)c1cnc(OCC(F)F)c(C2CC2)c1. The van der Waals surface area contributed by atoms with Crippen LogP contribution in [-0.4, -0.2) is 18.0 Å². The van der Waals surface area contributed by atoms with Crippen molar-refractivity contribution in [1.29, 1.82) is 0 Å². The number of halogens is 2. The lowest BCUT2D eigenvalue weighted by Gasteiger charge is -2.12. The third-order valence-corrected chi connectivity index (χ3v) is 2.79. The Morgan fingerprint density at radius 3 is 2.76 bits per heavy atom. The van der Waals surface area contributed by atoms with Crippen molar-refractivity contribution in [2.75, 3.05) is 6.61 Å². The van der Waals surface area contributed by atoms with Crippen LogP contribution < -0.4 is 10.5 Å². The molecule has 1 aliphatic carbocycles. The van der Waals surface area contributed by atoms with Gasteiger partial charge in [0.1, 0.15) is 0 Å². The van der Waals surface area contributed by atoms with Gasteiger partial charge in [0.15, 0.2) is 6.61 Å². The van der Waals surface area contributed by atoms with Gasteiger partial charge >= 0.3 is 0 Å². The Bertz CT molecular complexity index is 392. The van der Waals surface area contributed by atoms with Crippen LogP contribution in [0, 0.1) is 0 Å². The van der Waals surface area contributed by atoms with Crippen LogP contribution in [0.2, 0.25) is 0 Å². The van der Waals surface area contributed by atoms with Crippen LogP contribution in [0.4, 0.5) is 8.78 Å². The molecule has 1 atom stereocenters. The third kappa shape index (κ3) is 3.12. The topological polar surface area (TPSA) is 48.1 Å². The number of nitrogens with two attached hydrogens (primary N) is 1. The number of nitrogens with zero attached hydrogens (tertiary/aromatic N) is 1. The van der Waals surface area contributed by atoms with E-state index in [1.54, 1.807) is 6.20 Å². The number of pyridine rings is 1. The molecule has 1 aromatic heterocycles. The van der Waals surface area contributed by atoms with Crippen molar-refractivity contribution >= 4 is 0 Å². The molecule has 1 aliphatic rings. The van der Waals surface area contributed by atoms with E-state index >= 15 is 0 Å². The molecule has 0 amide bonds. The molecule has 17 heavy (non-hydrogen) atoms. The number of aromatic nitrogens is 1. The standard InChI is InChI=1S/C12H16F2N2O/c1-7(15)9-4-10(8-2-3-8)12(16-5-9)17-6-11(13)14/h4-5,7-8,11H,2-3,6,15H2,1H3. The van der Waals surface area contributed by atoms with Crippen molar-refractivity contribution in [2.45, 2.75) is 38.2 Å². The van der Waals surface area contributed by atoms with Crippen molar-refractivity contribution < 1.29 is 13.5 Å². The molecule has 0 aromatic carbocycles. The lowest BCUT2D eigenvalue weighted by atomic mass is 10.1. The maximum absolute atomic E-state index is 12.1. The second-order valence-corrected chi connectivity index (χ2v) is 4.43. The average Bonchev–Trinajstić information content (AvgIpc) is 3.09. The highest BCUT2D eigenvalue weighted by atomic mass is 19.3. The van der Waals surface area contributed by atoms with E-state index in [1.165, 1.54) is 0 Å². The summed E-state index contributed by atoms with van der Waals surface area (Å²) in [5.41, 5.74) is 7.60. The van der Waals surface area contributed by atoms with Crippen molar-refractivity contribution in [3.8, 4) is 5.88 Å². The molecule has 0 radical (unpaired) electrons. The fraction of sp³-hybridized carbons (Fsp3) is 0.583. The average molecular weight is 242 g/mol. The first-order valence-electron chi connectivity index (χ1n) is 5.74. The van der Waals surface area contributed by atoms with E-state index in [1.807, 2.05) is 13.0 Å². The second-order valence-electron chi connectivity index (χ2n) is 4.43. The van der Waals surface area contributed by atoms with Gasteiger partial charge in [-0.2, -0.15) is 0 Å². The molecule has 3 nitrogen and oxygen atoms in total. The molecule has 0 saturated heterocycles. The maximum Gasteiger partial charge on any atom is 0.272 e. The van der Waals surface area contributed by atoms with Crippen molar-refractivity contribution in [3.05, 3.63) is 23.4 Å². The number of rotatable bonds is 5. The molecule has 94 valence electrons. The van der Waals surface area contributed by atoms with E-state index in [0.29, 0.717) is 11.8 Å². The van der Waals surface area contributed by atoms with Crippen LogP contribution in [-0.2, 0) is 0 Å². The van der Waals surface area contributed by atoms with Gasteiger partial charge in [0.2, 0.25) is 5.88 Å². The van der Waals surface area contributed by atoms with E-state index in [9.17, 15) is 8.78 Å². The van der Waals surface area contributed by atoms with E-state index in [4.69, 9.17) is 10.5 Å². The first kappa shape index (κ1) is 12.2. The zero-order valence-electron chi connectivity index (χ0n) is 9.70. The van der Waals surface area contributed by atoms with Crippen molar-refractivity contribution in [3.63, 3.8) is 0 Å². The van der Waals surface area contributed by atoms with Crippen LogP contribution >= 0.6 is 0 Å². The fourth-order valence-corrected chi connectivity index (χ4v) is 1.68. The van der Waals surface area contributed by atoms with Gasteiger partial charge in [-0.05, 0) is 37.3 Å². The summed E-state index contributed by atoms with van der Waals surface area (Å²) in [5.74, 6) is 0.728. The van der Waals surface area contributed by atoms with Crippen LogP contribution in [0.15, 0.2) is 12.3 Å². The molecule has 2 N–H and O–H groups in total. The van der Waals surface area contributed by atoms with Gasteiger partial charge in [0, 0.05) is 17.8 Å². The van der Waals surface area contributed by atoms with Crippen molar-refractivity contribution in [2.24, 2.45) is 5.73 Å². The number of alkyl halides is 2. The second kappa shape index (κ2) is 4.96. The quantitative estimate of drug-likeness (QED) is 0.863. The summed E-state index contributed by atoms with van der Waals surface area (Å²) >= 11 is 0. The van der Waals surface area contributed by atoms with Gasteiger partial charge in [-0.1, -0.05) is 0 Å². The minimum Gasteiger partial charge on any atom is -0.471 e. The molecule has 5 heteroatoms. The van der Waals surface area contributed by atoms with Crippen LogP contribution in [0.5, 0.6) is 5.88 Å². The Kier molecular flexibility index (Phi) is 3.57. The zero-order valence-corrected chi connectivity index (χ0v) is 9.70. The lowest BCUT2D eigenvalue weighted by Crippen LogP contribution is -2.11. The molecular weight excluding hydrogens is 226 g/mol. The molecular formula is C12H16F2N2O. The Labute approximate surface area is 99.0 Å². The minimum atomic E-state index is -2.48. The van der Waals surface area contributed by atoms with E-state index in [-0.39, 0.29) is 6.04 Å². The first-order chi connectivity index (χ1) is 8.08. The fourth-order valence-electron chi connectivity index (χ4n) is 1.68. The van der Waals surface area contributed by atoms with Gasteiger partial charge in [0.25, 0.3) is 6.43 Å². The Balaban J connectivity index is 2.19. The van der Waals surface area contributed by atoms with Crippen LogP contribution in [0.3, 0.4) is 0 Å². The zero-order chi connectivity index (χ0) is 12.4. The summed E-state index contributed by atoms with van der Waals surface area (Å²) in [6.07, 6.45) is 1.25. The largest absolute Gasteiger partial charge is 0.471 e. The third-order valence-electron chi connectivity index (χ3n) is 2.79. The Hall–Kier alpha value is -1.23. The maximum atomic E-state index is 12.1. The van der Waals surface area contributed by atoms with Gasteiger partial charge in [0.05, 0.1) is 0 Å². The number of hydrogen-bond acceptors (Lipinski definition) is 3. The van der Waals surface area contributed by atoms with Gasteiger partial charge in [-0.3, -0.25) is 0 Å². The predicted molar refractivity (Wildman–Crippen MR) is 60.3 cm³/mol. The summed E-state index contributed by atoms with van der Waals surface area (Å²) in [4.78, 5) is 4.10.